The highest BCUT2D eigenvalue weighted by molar-refractivity contribution is 5.35. The average Bonchev–Trinajstić information content (AvgIpc) is 2.49. The second-order valence-electron chi connectivity index (χ2n) is 5.23. The number of nitrogens with two attached hydrogens (primary N) is 1. The minimum Gasteiger partial charge on any atom is -0.393 e. The van der Waals surface area contributed by atoms with E-state index in [9.17, 15) is 20.3 Å². The molecule has 1 fully saturated rings. The second-order valence-corrected chi connectivity index (χ2v) is 5.23. The Morgan fingerprint density at radius 2 is 2.00 bits per heavy atom. The van der Waals surface area contributed by atoms with E-state index in [4.69, 9.17) is 5.73 Å². The molecule has 0 radical (unpaired) electrons. The van der Waals surface area contributed by atoms with Crippen LogP contribution in [0.5, 0.6) is 0 Å². The largest absolute Gasteiger partial charge is 0.393 e. The summed E-state index contributed by atoms with van der Waals surface area (Å²) in [5.74, 6) is 0. The van der Waals surface area contributed by atoms with Crippen molar-refractivity contribution in [2.45, 2.75) is 43.4 Å². The molecule has 3 unspecified atom stereocenters. The van der Waals surface area contributed by atoms with E-state index in [0.29, 0.717) is 24.8 Å². The molecule has 0 aromatic heterocycles. The molecule has 0 spiro atoms. The van der Waals surface area contributed by atoms with Gasteiger partial charge < -0.3 is 15.9 Å². The van der Waals surface area contributed by atoms with Crippen LogP contribution in [0.3, 0.4) is 0 Å². The lowest BCUT2D eigenvalue weighted by Gasteiger charge is -2.28. The van der Waals surface area contributed by atoms with Crippen molar-refractivity contribution in [1.82, 2.24) is 0 Å². The number of non-ortho nitro benzene ring substituents is 1. The van der Waals surface area contributed by atoms with E-state index in [1.54, 1.807) is 12.1 Å². The van der Waals surface area contributed by atoms with Crippen LogP contribution in [0.1, 0.15) is 31.2 Å². The fourth-order valence-electron chi connectivity index (χ4n) is 2.62. The fourth-order valence-corrected chi connectivity index (χ4v) is 2.62. The Bertz CT molecular complexity index is 462. The molecule has 19 heavy (non-hydrogen) atoms. The first-order valence-corrected chi connectivity index (χ1v) is 6.32. The van der Waals surface area contributed by atoms with Crippen molar-refractivity contribution in [3.63, 3.8) is 0 Å². The molecule has 2 rings (SSSR count). The van der Waals surface area contributed by atoms with E-state index >= 15 is 0 Å². The van der Waals surface area contributed by atoms with Gasteiger partial charge in [-0.2, -0.15) is 0 Å². The van der Waals surface area contributed by atoms with Crippen LogP contribution in [0.2, 0.25) is 0 Å². The number of hydrogen-bond acceptors (Lipinski definition) is 5. The molecule has 0 bridgehead atoms. The Labute approximate surface area is 111 Å². The third kappa shape index (κ3) is 3.09. The summed E-state index contributed by atoms with van der Waals surface area (Å²) in [5, 5.41) is 31.1. The molecule has 0 saturated heterocycles. The quantitative estimate of drug-likeness (QED) is 0.421. The number of nitro benzene ring substituents is 1. The first kappa shape index (κ1) is 13.9. The molecule has 3 atom stereocenters. The maximum atomic E-state index is 10.7. The van der Waals surface area contributed by atoms with E-state index in [-0.39, 0.29) is 18.2 Å². The molecule has 0 aliphatic heterocycles. The highest BCUT2D eigenvalue weighted by atomic mass is 16.6. The maximum absolute atomic E-state index is 10.7. The molecule has 0 heterocycles. The number of nitro groups is 1. The predicted molar refractivity (Wildman–Crippen MR) is 69.4 cm³/mol. The predicted octanol–water partition coefficient (Wildman–Crippen LogP) is 1.04. The second kappa shape index (κ2) is 5.24. The first-order chi connectivity index (χ1) is 8.90. The number of benzene rings is 1. The van der Waals surface area contributed by atoms with Crippen molar-refractivity contribution < 1.29 is 15.1 Å². The molecule has 4 N–H and O–H groups in total. The Morgan fingerprint density at radius 3 is 2.58 bits per heavy atom. The highest BCUT2D eigenvalue weighted by Gasteiger charge is 2.35. The van der Waals surface area contributed by atoms with Gasteiger partial charge in [0.15, 0.2) is 0 Å². The molecule has 0 amide bonds. The summed E-state index contributed by atoms with van der Waals surface area (Å²) in [4.78, 5) is 10.1. The summed E-state index contributed by atoms with van der Waals surface area (Å²) in [6, 6.07) is 5.69. The van der Waals surface area contributed by atoms with Gasteiger partial charge in [-0.25, -0.2) is 0 Å². The zero-order valence-electron chi connectivity index (χ0n) is 10.5. The summed E-state index contributed by atoms with van der Waals surface area (Å²) >= 11 is 0. The van der Waals surface area contributed by atoms with Crippen molar-refractivity contribution in [2.24, 2.45) is 5.73 Å². The topological polar surface area (TPSA) is 110 Å². The average molecular weight is 266 g/mol. The molecular weight excluding hydrogens is 248 g/mol. The number of rotatable bonds is 2. The molecule has 1 aromatic rings. The molecule has 6 heteroatoms. The normalized spacial score (nSPS) is 31.7. The minimum atomic E-state index is -1.16. The Kier molecular flexibility index (Phi) is 3.84. The molecular formula is C13H18N2O4. The molecule has 1 aliphatic carbocycles. The third-order valence-corrected chi connectivity index (χ3v) is 3.69. The number of nitrogens with zero attached hydrogens (tertiary/aromatic N) is 1. The minimum absolute atomic E-state index is 0.0155. The van der Waals surface area contributed by atoms with Gasteiger partial charge in [0, 0.05) is 24.6 Å². The van der Waals surface area contributed by atoms with E-state index in [2.05, 4.69) is 0 Å². The van der Waals surface area contributed by atoms with Crippen LogP contribution in [-0.2, 0) is 5.60 Å². The summed E-state index contributed by atoms with van der Waals surface area (Å²) in [5.41, 5.74) is 5.24. The van der Waals surface area contributed by atoms with Crippen LogP contribution in [0.15, 0.2) is 24.3 Å². The standard InChI is InChI=1S/C13H18N2O4/c14-10-5-6-13(17,8-12(16)7-10)9-1-3-11(4-2-9)15(18)19/h1-4,10,12,16-17H,5-8,14H2. The summed E-state index contributed by atoms with van der Waals surface area (Å²) in [6.07, 6.45) is 1.08. The lowest BCUT2D eigenvalue weighted by atomic mass is 9.86. The van der Waals surface area contributed by atoms with E-state index < -0.39 is 16.6 Å². The van der Waals surface area contributed by atoms with E-state index in [0.717, 1.165) is 0 Å². The van der Waals surface area contributed by atoms with Crippen molar-refractivity contribution in [3.8, 4) is 0 Å². The zero-order chi connectivity index (χ0) is 14.0. The zero-order valence-corrected chi connectivity index (χ0v) is 10.5. The van der Waals surface area contributed by atoms with Crippen molar-refractivity contribution in [1.29, 1.82) is 0 Å². The maximum Gasteiger partial charge on any atom is 0.269 e. The van der Waals surface area contributed by atoms with Gasteiger partial charge in [0.1, 0.15) is 0 Å². The van der Waals surface area contributed by atoms with Gasteiger partial charge in [0.05, 0.1) is 16.6 Å². The van der Waals surface area contributed by atoms with Crippen LogP contribution in [0.25, 0.3) is 0 Å². The van der Waals surface area contributed by atoms with Crippen LogP contribution in [0, 0.1) is 10.1 Å². The smallest absolute Gasteiger partial charge is 0.269 e. The van der Waals surface area contributed by atoms with Crippen LogP contribution in [0.4, 0.5) is 5.69 Å². The summed E-state index contributed by atoms with van der Waals surface area (Å²) in [7, 11) is 0. The van der Waals surface area contributed by atoms with Crippen LogP contribution >= 0.6 is 0 Å². The van der Waals surface area contributed by atoms with Gasteiger partial charge in [-0.1, -0.05) is 0 Å². The molecule has 1 saturated carbocycles. The van der Waals surface area contributed by atoms with Crippen molar-refractivity contribution in [3.05, 3.63) is 39.9 Å². The number of hydrogen-bond donors (Lipinski definition) is 3. The Hall–Kier alpha value is -1.50. The Balaban J connectivity index is 2.25. The molecule has 1 aliphatic rings. The number of aliphatic hydroxyl groups is 2. The van der Waals surface area contributed by atoms with Gasteiger partial charge >= 0.3 is 0 Å². The van der Waals surface area contributed by atoms with E-state index in [1.165, 1.54) is 12.1 Å². The van der Waals surface area contributed by atoms with Gasteiger partial charge in [-0.15, -0.1) is 0 Å². The first-order valence-electron chi connectivity index (χ1n) is 6.32. The number of aliphatic hydroxyl groups excluding tert-OH is 1. The van der Waals surface area contributed by atoms with Gasteiger partial charge in [0.2, 0.25) is 0 Å². The van der Waals surface area contributed by atoms with Crippen LogP contribution < -0.4 is 5.73 Å². The summed E-state index contributed by atoms with van der Waals surface area (Å²) < 4.78 is 0. The van der Waals surface area contributed by atoms with Crippen LogP contribution in [-0.4, -0.2) is 27.3 Å². The molecule has 104 valence electrons. The van der Waals surface area contributed by atoms with Gasteiger partial charge in [0.25, 0.3) is 5.69 Å². The van der Waals surface area contributed by atoms with E-state index in [1.807, 2.05) is 0 Å². The Morgan fingerprint density at radius 1 is 1.37 bits per heavy atom. The molecule has 6 nitrogen and oxygen atoms in total. The molecule has 1 aromatic carbocycles. The lowest BCUT2D eigenvalue weighted by molar-refractivity contribution is -0.384. The van der Waals surface area contributed by atoms with Gasteiger partial charge in [-0.05, 0) is 37.0 Å². The van der Waals surface area contributed by atoms with Crippen molar-refractivity contribution in [2.75, 3.05) is 0 Å². The monoisotopic (exact) mass is 266 g/mol. The lowest BCUT2D eigenvalue weighted by Crippen LogP contribution is -2.29. The third-order valence-electron chi connectivity index (χ3n) is 3.69. The van der Waals surface area contributed by atoms with Gasteiger partial charge in [-0.3, -0.25) is 10.1 Å². The van der Waals surface area contributed by atoms with Crippen molar-refractivity contribution >= 4 is 5.69 Å². The summed E-state index contributed by atoms with van der Waals surface area (Å²) in [6.45, 7) is 0. The SMILES string of the molecule is NC1CCC(O)(c2ccc([N+](=O)[O-])cc2)CC(O)C1. The fraction of sp³-hybridized carbons (Fsp3) is 0.538. The highest BCUT2D eigenvalue weighted by Crippen LogP contribution is 2.36.